The molecule has 0 spiro atoms. The summed E-state index contributed by atoms with van der Waals surface area (Å²) in [7, 11) is 1.20. The van der Waals surface area contributed by atoms with Gasteiger partial charge in [0.1, 0.15) is 24.1 Å². The number of nitrogens with zero attached hydrogens (tertiary/aromatic N) is 2. The smallest absolute Gasteiger partial charge is 0.265 e. The van der Waals surface area contributed by atoms with E-state index in [2.05, 4.69) is 5.32 Å². The quantitative estimate of drug-likeness (QED) is 0.271. The Hall–Kier alpha value is -4.16. The molecule has 0 aliphatic carbocycles. The molecule has 238 valence electrons. The Morgan fingerprint density at radius 1 is 0.818 bits per heavy atom. The van der Waals surface area contributed by atoms with Crippen LogP contribution in [0.5, 0.6) is 23.0 Å². The molecule has 0 aliphatic rings. The highest BCUT2D eigenvalue weighted by atomic mass is 35.5. The lowest BCUT2D eigenvalue weighted by Gasteiger charge is -2.32. The van der Waals surface area contributed by atoms with Gasteiger partial charge in [0.15, 0.2) is 11.5 Å². The van der Waals surface area contributed by atoms with Gasteiger partial charge in [0.05, 0.1) is 39.0 Å². The minimum absolute atomic E-state index is 0.0160. The maximum absolute atomic E-state index is 14.3. The Labute approximate surface area is 263 Å². The van der Waals surface area contributed by atoms with Crippen molar-refractivity contribution in [2.24, 2.45) is 0 Å². The number of sulfonamides is 1. The molecule has 0 bridgehead atoms. The van der Waals surface area contributed by atoms with Crippen molar-refractivity contribution >= 4 is 39.1 Å². The van der Waals surface area contributed by atoms with Gasteiger partial charge in [-0.1, -0.05) is 23.7 Å². The number of halogens is 1. The molecule has 3 aromatic carbocycles. The van der Waals surface area contributed by atoms with Crippen molar-refractivity contribution in [1.29, 1.82) is 0 Å². The lowest BCUT2D eigenvalue weighted by atomic mass is 10.1. The summed E-state index contributed by atoms with van der Waals surface area (Å²) in [6, 6.07) is 14.4. The lowest BCUT2D eigenvalue weighted by Crippen LogP contribution is -2.52. The highest BCUT2D eigenvalue weighted by Gasteiger charge is 2.34. The van der Waals surface area contributed by atoms with Gasteiger partial charge in [-0.05, 0) is 62.7 Å². The molecule has 44 heavy (non-hydrogen) atoms. The van der Waals surface area contributed by atoms with Crippen LogP contribution in [0.25, 0.3) is 0 Å². The maximum atomic E-state index is 14.3. The molecule has 13 heteroatoms. The van der Waals surface area contributed by atoms with Gasteiger partial charge in [0.25, 0.3) is 10.0 Å². The number of rotatable bonds is 14. The minimum atomic E-state index is -4.44. The topological polar surface area (TPSA) is 124 Å². The van der Waals surface area contributed by atoms with Crippen LogP contribution in [0, 0.1) is 0 Å². The average molecular weight is 648 g/mol. The number of hydrogen-bond acceptors (Lipinski definition) is 8. The maximum Gasteiger partial charge on any atom is 0.265 e. The summed E-state index contributed by atoms with van der Waals surface area (Å²) in [6.07, 6.45) is 0. The second-order valence-electron chi connectivity index (χ2n) is 10.1. The summed E-state index contributed by atoms with van der Waals surface area (Å²) >= 11 is 6.06. The van der Waals surface area contributed by atoms with Crippen LogP contribution in [-0.2, 0) is 26.2 Å². The van der Waals surface area contributed by atoms with E-state index in [9.17, 15) is 18.0 Å². The number of carbonyl (C=O) groups excluding carboxylic acids is 2. The predicted molar refractivity (Wildman–Crippen MR) is 168 cm³/mol. The standard InChI is InChI=1S/C31H38ClN3O8S/c1-20(2)33-31(37)21(3)34(18-22-8-10-23(32)11-9-22)30(36)19-35(26-16-24(40-4)12-14-27(26)41-5)44(38,39)25-13-15-28(42-6)29(17-25)43-7/h8-17,20-21H,18-19H2,1-7H3,(H,33,37)/t21-/m1/s1. The molecule has 1 atom stereocenters. The van der Waals surface area contributed by atoms with Crippen molar-refractivity contribution in [1.82, 2.24) is 10.2 Å². The molecule has 0 aliphatic heterocycles. The molecule has 1 N–H and O–H groups in total. The third-order valence-electron chi connectivity index (χ3n) is 6.74. The Balaban J connectivity index is 2.17. The second-order valence-corrected chi connectivity index (χ2v) is 12.4. The van der Waals surface area contributed by atoms with Crippen molar-refractivity contribution in [2.75, 3.05) is 39.3 Å². The van der Waals surface area contributed by atoms with Crippen molar-refractivity contribution in [3.8, 4) is 23.0 Å². The van der Waals surface area contributed by atoms with Gasteiger partial charge in [0, 0.05) is 29.7 Å². The summed E-state index contributed by atoms with van der Waals surface area (Å²) in [5.74, 6) is -0.00946. The first-order valence-electron chi connectivity index (χ1n) is 13.7. The van der Waals surface area contributed by atoms with E-state index in [0.29, 0.717) is 22.1 Å². The van der Waals surface area contributed by atoms with E-state index in [0.717, 1.165) is 4.31 Å². The van der Waals surface area contributed by atoms with Gasteiger partial charge in [0.2, 0.25) is 11.8 Å². The number of carbonyl (C=O) groups is 2. The van der Waals surface area contributed by atoms with Gasteiger partial charge >= 0.3 is 0 Å². The molecule has 0 fully saturated rings. The fourth-order valence-electron chi connectivity index (χ4n) is 4.38. The highest BCUT2D eigenvalue weighted by Crippen LogP contribution is 2.37. The van der Waals surface area contributed by atoms with E-state index in [1.807, 2.05) is 13.8 Å². The number of amides is 2. The van der Waals surface area contributed by atoms with E-state index in [1.165, 1.54) is 57.6 Å². The Morgan fingerprint density at radius 2 is 1.43 bits per heavy atom. The summed E-state index contributed by atoms with van der Waals surface area (Å²) in [6.45, 7) is 4.55. The second kappa shape index (κ2) is 15.0. The van der Waals surface area contributed by atoms with Gasteiger partial charge in [-0.2, -0.15) is 0 Å². The number of ether oxygens (including phenoxy) is 4. The minimum Gasteiger partial charge on any atom is -0.497 e. The van der Waals surface area contributed by atoms with E-state index in [-0.39, 0.29) is 34.7 Å². The zero-order valence-electron chi connectivity index (χ0n) is 25.8. The highest BCUT2D eigenvalue weighted by molar-refractivity contribution is 7.92. The molecule has 0 unspecified atom stereocenters. The van der Waals surface area contributed by atoms with E-state index < -0.39 is 34.4 Å². The van der Waals surface area contributed by atoms with Gasteiger partial charge in [-0.3, -0.25) is 13.9 Å². The number of benzene rings is 3. The average Bonchev–Trinajstić information content (AvgIpc) is 3.01. The van der Waals surface area contributed by atoms with Crippen LogP contribution in [0.1, 0.15) is 26.3 Å². The number of hydrogen-bond donors (Lipinski definition) is 1. The molecule has 3 aromatic rings. The zero-order chi connectivity index (χ0) is 32.6. The van der Waals surface area contributed by atoms with Gasteiger partial charge < -0.3 is 29.2 Å². The summed E-state index contributed by atoms with van der Waals surface area (Å²) < 4.78 is 51.1. The molecule has 11 nitrogen and oxygen atoms in total. The van der Waals surface area contributed by atoms with E-state index in [1.54, 1.807) is 43.3 Å². The fourth-order valence-corrected chi connectivity index (χ4v) is 5.94. The molecule has 0 aromatic heterocycles. The monoisotopic (exact) mass is 647 g/mol. The van der Waals surface area contributed by atoms with Crippen LogP contribution in [-0.4, -0.2) is 72.2 Å². The molecule has 2 amide bonds. The first kappa shape index (κ1) is 34.3. The van der Waals surface area contributed by atoms with Crippen LogP contribution in [0.15, 0.2) is 65.6 Å². The molecule has 3 rings (SSSR count). The van der Waals surface area contributed by atoms with E-state index >= 15 is 0 Å². The van der Waals surface area contributed by atoms with Crippen molar-refractivity contribution in [2.45, 2.75) is 44.3 Å². The van der Waals surface area contributed by atoms with Gasteiger partial charge in [-0.25, -0.2) is 8.42 Å². The largest absolute Gasteiger partial charge is 0.497 e. The van der Waals surface area contributed by atoms with Crippen LogP contribution >= 0.6 is 11.6 Å². The zero-order valence-corrected chi connectivity index (χ0v) is 27.4. The molecular weight excluding hydrogens is 610 g/mol. The third kappa shape index (κ3) is 8.06. The molecule has 0 saturated carbocycles. The van der Waals surface area contributed by atoms with Crippen LogP contribution < -0.4 is 28.6 Å². The van der Waals surface area contributed by atoms with Crippen molar-refractivity contribution < 1.29 is 37.0 Å². The Bertz CT molecular complexity index is 1560. The summed E-state index contributed by atoms with van der Waals surface area (Å²) in [5, 5.41) is 3.33. The SMILES string of the molecule is COc1ccc(OC)c(N(CC(=O)N(Cc2ccc(Cl)cc2)[C@H](C)C(=O)NC(C)C)S(=O)(=O)c2ccc(OC)c(OC)c2)c1. The first-order valence-corrected chi connectivity index (χ1v) is 15.5. The number of nitrogens with one attached hydrogen (secondary N) is 1. The number of methoxy groups -OCH3 is 4. The van der Waals surface area contributed by atoms with E-state index in [4.69, 9.17) is 30.5 Å². The molecule has 0 radical (unpaired) electrons. The van der Waals surface area contributed by atoms with Crippen LogP contribution in [0.4, 0.5) is 5.69 Å². The summed E-state index contributed by atoms with van der Waals surface area (Å²) in [4.78, 5) is 28.5. The third-order valence-corrected chi connectivity index (χ3v) is 8.75. The predicted octanol–water partition coefficient (Wildman–Crippen LogP) is 4.51. The number of anilines is 1. The summed E-state index contributed by atoms with van der Waals surface area (Å²) in [5.41, 5.74) is 0.751. The van der Waals surface area contributed by atoms with Crippen LogP contribution in [0.3, 0.4) is 0 Å². The Kier molecular flexibility index (Phi) is 11.7. The Morgan fingerprint density at radius 3 is 2.00 bits per heavy atom. The van der Waals surface area contributed by atoms with Gasteiger partial charge in [-0.15, -0.1) is 0 Å². The van der Waals surface area contributed by atoms with Crippen LogP contribution in [0.2, 0.25) is 5.02 Å². The fraction of sp³-hybridized carbons (Fsp3) is 0.355. The van der Waals surface area contributed by atoms with Crippen molar-refractivity contribution in [3.63, 3.8) is 0 Å². The first-order chi connectivity index (χ1) is 20.9. The van der Waals surface area contributed by atoms with Crippen molar-refractivity contribution in [3.05, 3.63) is 71.2 Å². The molecule has 0 heterocycles. The normalized spacial score (nSPS) is 11.8. The molecular formula is C31H38ClN3O8S. The molecule has 0 saturated heterocycles. The lowest BCUT2D eigenvalue weighted by molar-refractivity contribution is -0.139.